The Hall–Kier alpha value is -3.33. The van der Waals surface area contributed by atoms with Gasteiger partial charge in [0.1, 0.15) is 19.3 Å². The normalized spacial score (nSPS) is 14.7. The van der Waals surface area contributed by atoms with Crippen LogP contribution < -0.4 is 10.2 Å². The molecule has 0 atom stereocenters. The third-order valence-electron chi connectivity index (χ3n) is 5.72. The summed E-state index contributed by atoms with van der Waals surface area (Å²) >= 11 is 0. The van der Waals surface area contributed by atoms with Crippen molar-refractivity contribution in [2.45, 2.75) is 5.41 Å². The zero-order valence-electron chi connectivity index (χ0n) is 14.5. The van der Waals surface area contributed by atoms with Gasteiger partial charge in [0.2, 0.25) is 0 Å². The first-order valence-electron chi connectivity index (χ1n) is 9.03. The van der Waals surface area contributed by atoms with Crippen LogP contribution >= 0.6 is 0 Å². The largest absolute Gasteiger partial charge is 0.457 e. The highest BCUT2D eigenvalue weighted by Gasteiger charge is 2.51. The third kappa shape index (κ3) is 1.74. The van der Waals surface area contributed by atoms with E-state index in [4.69, 9.17) is 17.6 Å². The van der Waals surface area contributed by atoms with Gasteiger partial charge < -0.3 is 4.74 Å². The third-order valence-corrected chi connectivity index (χ3v) is 5.72. The summed E-state index contributed by atoms with van der Waals surface area (Å²) in [4.78, 5) is 4.74. The van der Waals surface area contributed by atoms with Crippen molar-refractivity contribution in [1.82, 2.24) is 4.98 Å². The summed E-state index contributed by atoms with van der Waals surface area (Å²) in [6, 6.07) is 26.9. The molecule has 2 aliphatic rings. The number of nitrogens with zero attached hydrogens (tertiary/aromatic N) is 1. The van der Waals surface area contributed by atoms with Gasteiger partial charge in [0.05, 0.1) is 11.1 Å². The smallest absolute Gasteiger partial charge is 0.132 e. The molecule has 1 aliphatic heterocycles. The van der Waals surface area contributed by atoms with Crippen LogP contribution in [0.2, 0.25) is 0 Å². The molecule has 0 amide bonds. The molecule has 4 aromatic rings. The molecule has 2 heterocycles. The van der Waals surface area contributed by atoms with E-state index in [1.165, 1.54) is 11.1 Å². The maximum Gasteiger partial charge on any atom is 0.132 e. The van der Waals surface area contributed by atoms with Crippen LogP contribution in [0.1, 0.15) is 22.3 Å². The van der Waals surface area contributed by atoms with Crippen molar-refractivity contribution < 1.29 is 4.74 Å². The van der Waals surface area contributed by atoms with Gasteiger partial charge in [-0.2, -0.15) is 0 Å². The molecule has 0 saturated carbocycles. The van der Waals surface area contributed by atoms with Crippen LogP contribution in [-0.4, -0.2) is 12.8 Å². The monoisotopic (exact) mass is 343 g/mol. The lowest BCUT2D eigenvalue weighted by molar-refractivity contribution is 0.436. The number of ether oxygens (including phenoxy) is 1. The predicted molar refractivity (Wildman–Crippen MR) is 107 cm³/mol. The second-order valence-corrected chi connectivity index (χ2v) is 7.05. The van der Waals surface area contributed by atoms with E-state index in [0.717, 1.165) is 39.3 Å². The molecular weight excluding hydrogens is 329 g/mol. The van der Waals surface area contributed by atoms with Crippen LogP contribution in [0.4, 0.5) is 0 Å². The zero-order valence-corrected chi connectivity index (χ0v) is 14.5. The topological polar surface area (TPSA) is 22.1 Å². The van der Waals surface area contributed by atoms with Crippen molar-refractivity contribution in [2.24, 2.45) is 0 Å². The molecule has 0 unspecified atom stereocenters. The van der Waals surface area contributed by atoms with Crippen LogP contribution in [0.15, 0.2) is 85.1 Å². The Morgan fingerprint density at radius 2 is 1.37 bits per heavy atom. The van der Waals surface area contributed by atoms with E-state index in [1.54, 1.807) is 0 Å². The number of aromatic nitrogens is 1. The first kappa shape index (κ1) is 14.8. The number of pyridine rings is 1. The summed E-state index contributed by atoms with van der Waals surface area (Å²) in [6.07, 6.45) is 1.86. The zero-order chi connectivity index (χ0) is 18.0. The highest BCUT2D eigenvalue weighted by molar-refractivity contribution is 6.32. The minimum Gasteiger partial charge on any atom is -0.457 e. The average molecular weight is 343 g/mol. The summed E-state index contributed by atoms with van der Waals surface area (Å²) < 4.78 is 6.27. The fraction of sp³-hybridized carbons (Fsp3) is 0.0417. The first-order chi connectivity index (χ1) is 13.3. The summed E-state index contributed by atoms with van der Waals surface area (Å²) in [5.74, 6) is 1.75. The number of hydrogen-bond donors (Lipinski definition) is 0. The van der Waals surface area contributed by atoms with E-state index in [0.29, 0.717) is 0 Å². The van der Waals surface area contributed by atoms with Crippen molar-refractivity contribution in [3.05, 3.63) is 107 Å². The quantitative estimate of drug-likeness (QED) is 0.383. The van der Waals surface area contributed by atoms with Gasteiger partial charge >= 0.3 is 0 Å². The Labute approximate surface area is 158 Å². The number of rotatable bonds is 0. The molecule has 0 N–H and O–H groups in total. The Morgan fingerprint density at radius 1 is 0.704 bits per heavy atom. The van der Waals surface area contributed by atoms with E-state index < -0.39 is 5.41 Å². The van der Waals surface area contributed by atoms with Gasteiger partial charge in [-0.05, 0) is 29.3 Å². The maximum atomic E-state index is 6.27. The molecular formula is C24H14BNO. The van der Waals surface area contributed by atoms with E-state index in [2.05, 4.69) is 42.5 Å². The molecule has 0 bridgehead atoms. The van der Waals surface area contributed by atoms with E-state index in [9.17, 15) is 0 Å². The lowest BCUT2D eigenvalue weighted by Gasteiger charge is -2.39. The van der Waals surface area contributed by atoms with Crippen LogP contribution in [0.3, 0.4) is 0 Å². The lowest BCUT2D eigenvalue weighted by atomic mass is 9.66. The molecule has 0 fully saturated rings. The molecule has 2 nitrogen and oxygen atoms in total. The van der Waals surface area contributed by atoms with E-state index >= 15 is 0 Å². The number of fused-ring (bicyclic) bond motifs is 9. The maximum absolute atomic E-state index is 6.27. The molecule has 124 valence electrons. The van der Waals surface area contributed by atoms with Crippen LogP contribution in [0.5, 0.6) is 11.5 Å². The molecule has 3 heteroatoms. The number of hydrogen-bond acceptors (Lipinski definition) is 2. The summed E-state index contributed by atoms with van der Waals surface area (Å²) in [6.45, 7) is 0. The Bertz CT molecular complexity index is 1180. The van der Waals surface area contributed by atoms with Gasteiger partial charge in [-0.3, -0.25) is 4.98 Å². The molecule has 1 spiro atoms. The van der Waals surface area contributed by atoms with Crippen LogP contribution in [-0.2, 0) is 5.41 Å². The van der Waals surface area contributed by atoms with Gasteiger partial charge in [-0.25, -0.2) is 0 Å². The number of benzene rings is 3. The van der Waals surface area contributed by atoms with Crippen molar-refractivity contribution in [1.29, 1.82) is 0 Å². The predicted octanol–water partition coefficient (Wildman–Crippen LogP) is 4.34. The van der Waals surface area contributed by atoms with Crippen molar-refractivity contribution in [2.75, 3.05) is 0 Å². The van der Waals surface area contributed by atoms with Gasteiger partial charge in [0.25, 0.3) is 0 Å². The van der Waals surface area contributed by atoms with Gasteiger partial charge in [0.15, 0.2) is 0 Å². The Morgan fingerprint density at radius 3 is 2.11 bits per heavy atom. The fourth-order valence-corrected chi connectivity index (χ4v) is 4.72. The minimum atomic E-state index is -0.472. The van der Waals surface area contributed by atoms with E-state index in [1.807, 2.05) is 42.6 Å². The standard InChI is InChI=1S/C24H14BNO/c25-15-11-12-16-20(14-15)24(19-8-5-13-26-23(16)19)17-6-1-3-9-21(17)27-22-10-4-2-7-18(22)24/h1-14H. The Kier molecular flexibility index (Phi) is 2.80. The minimum absolute atomic E-state index is 0.472. The summed E-state index contributed by atoms with van der Waals surface area (Å²) in [5, 5.41) is 0. The van der Waals surface area contributed by atoms with Crippen LogP contribution in [0, 0.1) is 0 Å². The molecule has 1 aliphatic carbocycles. The fourth-order valence-electron chi connectivity index (χ4n) is 4.72. The average Bonchev–Trinajstić information content (AvgIpc) is 2.99. The first-order valence-corrected chi connectivity index (χ1v) is 9.03. The summed E-state index contributed by atoms with van der Waals surface area (Å²) in [5.41, 5.74) is 7.02. The molecule has 0 saturated heterocycles. The van der Waals surface area contributed by atoms with Gasteiger partial charge in [-0.15, -0.1) is 0 Å². The molecule has 3 aromatic carbocycles. The summed E-state index contributed by atoms with van der Waals surface area (Å²) in [7, 11) is 6.24. The lowest BCUT2D eigenvalue weighted by Crippen LogP contribution is -2.32. The highest BCUT2D eigenvalue weighted by Crippen LogP contribution is 2.61. The molecule has 27 heavy (non-hydrogen) atoms. The van der Waals surface area contributed by atoms with Gasteiger partial charge in [0, 0.05) is 22.9 Å². The Balaban J connectivity index is 1.87. The molecule has 2 radical (unpaired) electrons. The van der Waals surface area contributed by atoms with Crippen molar-refractivity contribution >= 4 is 13.3 Å². The molecule has 6 rings (SSSR count). The van der Waals surface area contributed by atoms with Crippen LogP contribution in [0.25, 0.3) is 11.3 Å². The van der Waals surface area contributed by atoms with Gasteiger partial charge in [-0.1, -0.05) is 66.1 Å². The highest BCUT2D eigenvalue weighted by atomic mass is 16.5. The van der Waals surface area contributed by atoms with E-state index in [-0.39, 0.29) is 0 Å². The second-order valence-electron chi connectivity index (χ2n) is 7.05. The SMILES string of the molecule is [B]c1ccc2c(c1)C1(c3ccccc3Oc3ccccc31)c1cccnc1-2. The van der Waals surface area contributed by atoms with Crippen molar-refractivity contribution in [3.63, 3.8) is 0 Å². The second kappa shape index (κ2) is 5.11. The molecule has 1 aromatic heterocycles. The number of para-hydroxylation sites is 2. The van der Waals surface area contributed by atoms with Crippen molar-refractivity contribution in [3.8, 4) is 22.8 Å².